The number of aryl methyl sites for hydroxylation is 1. The maximum Gasteiger partial charge on any atom is 0.141 e. The van der Waals surface area contributed by atoms with Crippen LogP contribution in [0.3, 0.4) is 0 Å². The average molecular weight is 251 g/mol. The lowest BCUT2D eigenvalue weighted by Crippen LogP contribution is -2.09. The van der Waals surface area contributed by atoms with Gasteiger partial charge in [-0.3, -0.25) is 0 Å². The number of nitrogens with zero attached hydrogens (tertiary/aromatic N) is 2. The molecule has 0 aliphatic carbocycles. The van der Waals surface area contributed by atoms with Gasteiger partial charge in [0, 0.05) is 28.3 Å². The Balaban J connectivity index is 2.41. The minimum atomic E-state index is 1.12. The number of fused-ring (bicyclic) bond motifs is 3. The van der Waals surface area contributed by atoms with Gasteiger partial charge in [-0.1, -0.05) is 0 Å². The van der Waals surface area contributed by atoms with Gasteiger partial charge in [0.15, 0.2) is 0 Å². The van der Waals surface area contributed by atoms with Gasteiger partial charge in [0.25, 0.3) is 0 Å². The Morgan fingerprint density at radius 2 is 2.29 bits per heavy atom. The molecule has 0 amide bonds. The van der Waals surface area contributed by atoms with Crippen LogP contribution in [0.25, 0.3) is 11.0 Å². The Labute approximate surface area is 91.1 Å². The zero-order valence-corrected chi connectivity index (χ0v) is 9.42. The second-order valence-electron chi connectivity index (χ2n) is 3.74. The van der Waals surface area contributed by atoms with E-state index in [1.807, 2.05) is 12.3 Å². The predicted octanol–water partition coefficient (Wildman–Crippen LogP) is 3.14. The van der Waals surface area contributed by atoms with Gasteiger partial charge < -0.3 is 4.57 Å². The quantitative estimate of drug-likeness (QED) is 0.703. The second kappa shape index (κ2) is 3.09. The number of hydrogen-bond acceptors (Lipinski definition) is 1. The van der Waals surface area contributed by atoms with Crippen LogP contribution in [0.5, 0.6) is 0 Å². The lowest BCUT2D eigenvalue weighted by Gasteiger charge is -2.15. The molecule has 2 aromatic rings. The fourth-order valence-electron chi connectivity index (χ4n) is 2.23. The van der Waals surface area contributed by atoms with E-state index in [1.54, 1.807) is 0 Å². The van der Waals surface area contributed by atoms with E-state index in [2.05, 4.69) is 31.5 Å². The summed E-state index contributed by atoms with van der Waals surface area (Å²) in [6.07, 6.45) is 5.63. The summed E-state index contributed by atoms with van der Waals surface area (Å²) in [6, 6.07) is 4.14. The lowest BCUT2D eigenvalue weighted by atomic mass is 10.1. The van der Waals surface area contributed by atoms with Crippen LogP contribution in [0.1, 0.15) is 18.5 Å². The average Bonchev–Trinajstić information content (AvgIpc) is 2.55. The largest absolute Gasteiger partial charge is 0.328 e. The SMILES string of the molecule is Brc1c2n(c3ncccc13)CCCC2. The van der Waals surface area contributed by atoms with Crippen molar-refractivity contribution in [2.75, 3.05) is 0 Å². The van der Waals surface area contributed by atoms with Crippen LogP contribution in [0.4, 0.5) is 0 Å². The molecule has 1 aliphatic heterocycles. The molecule has 0 fully saturated rings. The van der Waals surface area contributed by atoms with Crippen molar-refractivity contribution in [3.63, 3.8) is 0 Å². The van der Waals surface area contributed by atoms with Crippen molar-refractivity contribution in [3.05, 3.63) is 28.5 Å². The van der Waals surface area contributed by atoms with E-state index in [1.165, 1.54) is 34.8 Å². The van der Waals surface area contributed by atoms with Gasteiger partial charge in [0.1, 0.15) is 5.65 Å². The van der Waals surface area contributed by atoms with E-state index < -0.39 is 0 Å². The van der Waals surface area contributed by atoms with E-state index in [0.29, 0.717) is 0 Å². The first kappa shape index (κ1) is 8.48. The number of aromatic nitrogens is 2. The van der Waals surface area contributed by atoms with Crippen molar-refractivity contribution < 1.29 is 0 Å². The van der Waals surface area contributed by atoms with Gasteiger partial charge in [0.2, 0.25) is 0 Å². The second-order valence-corrected chi connectivity index (χ2v) is 4.54. The fraction of sp³-hybridized carbons (Fsp3) is 0.364. The van der Waals surface area contributed by atoms with Crippen molar-refractivity contribution in [1.29, 1.82) is 0 Å². The predicted molar refractivity (Wildman–Crippen MR) is 60.4 cm³/mol. The number of hydrogen-bond donors (Lipinski definition) is 0. The molecule has 3 heteroatoms. The van der Waals surface area contributed by atoms with Crippen LogP contribution >= 0.6 is 15.9 Å². The van der Waals surface area contributed by atoms with Crippen molar-refractivity contribution in [1.82, 2.24) is 9.55 Å². The molecule has 2 aromatic heterocycles. The molecule has 2 nitrogen and oxygen atoms in total. The third kappa shape index (κ3) is 1.05. The topological polar surface area (TPSA) is 17.8 Å². The minimum absolute atomic E-state index is 1.12. The van der Waals surface area contributed by atoms with E-state index >= 15 is 0 Å². The molecular formula is C11H11BrN2. The van der Waals surface area contributed by atoms with Crippen LogP contribution in [0.2, 0.25) is 0 Å². The Hall–Kier alpha value is -0.830. The van der Waals surface area contributed by atoms with Crippen LogP contribution < -0.4 is 0 Å². The zero-order chi connectivity index (χ0) is 9.54. The highest BCUT2D eigenvalue weighted by Gasteiger charge is 2.18. The van der Waals surface area contributed by atoms with Crippen LogP contribution in [0.15, 0.2) is 22.8 Å². The molecule has 0 bridgehead atoms. The first-order chi connectivity index (χ1) is 6.88. The third-order valence-corrected chi connectivity index (χ3v) is 3.79. The smallest absolute Gasteiger partial charge is 0.141 e. The maximum absolute atomic E-state index is 4.45. The van der Waals surface area contributed by atoms with Crippen LogP contribution in [-0.2, 0) is 13.0 Å². The number of rotatable bonds is 0. The molecule has 72 valence electrons. The standard InChI is InChI=1S/C11H11BrN2/c12-10-8-4-3-6-13-11(8)14-7-2-1-5-9(10)14/h3-4,6H,1-2,5,7H2. The Morgan fingerprint density at radius 1 is 1.36 bits per heavy atom. The lowest BCUT2D eigenvalue weighted by molar-refractivity contribution is 0.540. The van der Waals surface area contributed by atoms with Crippen molar-refractivity contribution in [2.45, 2.75) is 25.8 Å². The Bertz CT molecular complexity index is 487. The molecule has 0 N–H and O–H groups in total. The molecular weight excluding hydrogens is 240 g/mol. The zero-order valence-electron chi connectivity index (χ0n) is 7.83. The summed E-state index contributed by atoms with van der Waals surface area (Å²) >= 11 is 3.68. The molecule has 3 heterocycles. The van der Waals surface area contributed by atoms with E-state index in [9.17, 15) is 0 Å². The summed E-state index contributed by atoms with van der Waals surface area (Å²) in [7, 11) is 0. The Morgan fingerprint density at radius 3 is 3.21 bits per heavy atom. The van der Waals surface area contributed by atoms with E-state index in [4.69, 9.17) is 0 Å². The molecule has 0 saturated heterocycles. The van der Waals surface area contributed by atoms with Crippen molar-refractivity contribution in [3.8, 4) is 0 Å². The van der Waals surface area contributed by atoms with Crippen molar-refractivity contribution >= 4 is 27.0 Å². The molecule has 1 aliphatic rings. The first-order valence-corrected chi connectivity index (χ1v) is 5.79. The van der Waals surface area contributed by atoms with Gasteiger partial charge >= 0.3 is 0 Å². The molecule has 3 rings (SSSR count). The molecule has 14 heavy (non-hydrogen) atoms. The summed E-state index contributed by atoms with van der Waals surface area (Å²) in [4.78, 5) is 4.45. The van der Waals surface area contributed by atoms with Gasteiger partial charge in [-0.05, 0) is 47.3 Å². The minimum Gasteiger partial charge on any atom is -0.328 e. The fourth-order valence-corrected chi connectivity index (χ4v) is 2.95. The third-order valence-electron chi connectivity index (χ3n) is 2.90. The number of pyridine rings is 1. The first-order valence-electron chi connectivity index (χ1n) is 4.99. The molecule has 0 atom stereocenters. The van der Waals surface area contributed by atoms with Gasteiger partial charge in [-0.2, -0.15) is 0 Å². The van der Waals surface area contributed by atoms with E-state index in [-0.39, 0.29) is 0 Å². The molecule has 0 radical (unpaired) electrons. The van der Waals surface area contributed by atoms with E-state index in [0.717, 1.165) is 12.2 Å². The van der Waals surface area contributed by atoms with Crippen LogP contribution in [-0.4, -0.2) is 9.55 Å². The maximum atomic E-state index is 4.45. The van der Waals surface area contributed by atoms with Gasteiger partial charge in [-0.15, -0.1) is 0 Å². The van der Waals surface area contributed by atoms with Gasteiger partial charge in [-0.25, -0.2) is 4.98 Å². The number of halogens is 1. The summed E-state index contributed by atoms with van der Waals surface area (Å²) in [5, 5.41) is 1.25. The highest BCUT2D eigenvalue weighted by Crippen LogP contribution is 2.33. The summed E-state index contributed by atoms with van der Waals surface area (Å²) in [5.74, 6) is 0. The summed E-state index contributed by atoms with van der Waals surface area (Å²) < 4.78 is 3.60. The Kier molecular flexibility index (Phi) is 1.87. The summed E-state index contributed by atoms with van der Waals surface area (Å²) in [5.41, 5.74) is 2.55. The highest BCUT2D eigenvalue weighted by atomic mass is 79.9. The summed E-state index contributed by atoms with van der Waals surface area (Å²) in [6.45, 7) is 1.12. The van der Waals surface area contributed by atoms with Crippen LogP contribution in [0, 0.1) is 0 Å². The monoisotopic (exact) mass is 250 g/mol. The normalized spacial score (nSPS) is 15.8. The highest BCUT2D eigenvalue weighted by molar-refractivity contribution is 9.10. The molecule has 0 unspecified atom stereocenters. The molecule has 0 saturated carbocycles. The molecule has 0 aromatic carbocycles. The molecule has 0 spiro atoms. The van der Waals surface area contributed by atoms with Gasteiger partial charge in [0.05, 0.1) is 0 Å². The van der Waals surface area contributed by atoms with Crippen molar-refractivity contribution in [2.24, 2.45) is 0 Å².